The molecule has 10 nitrogen and oxygen atoms in total. The molecule has 3 amide bonds. The summed E-state index contributed by atoms with van der Waals surface area (Å²) in [5.41, 5.74) is 0.979. The van der Waals surface area contributed by atoms with Gasteiger partial charge in [-0.25, -0.2) is 14.3 Å². The first-order chi connectivity index (χ1) is 15.1. The van der Waals surface area contributed by atoms with E-state index in [2.05, 4.69) is 9.80 Å². The van der Waals surface area contributed by atoms with Crippen LogP contribution in [0.2, 0.25) is 0 Å². The minimum Gasteiger partial charge on any atom is -0.497 e. The average molecular weight is 427 g/mol. The minimum atomic E-state index is -0.550. The molecule has 31 heavy (non-hydrogen) atoms. The second-order valence-corrected chi connectivity index (χ2v) is 8.00. The average Bonchev–Trinajstić information content (AvgIpc) is 3.38. The van der Waals surface area contributed by atoms with Crippen LogP contribution in [-0.2, 0) is 9.53 Å². The number of amidine groups is 1. The van der Waals surface area contributed by atoms with Crippen LogP contribution < -0.4 is 9.64 Å². The van der Waals surface area contributed by atoms with E-state index >= 15 is 0 Å². The molecular weight excluding hydrogens is 400 g/mol. The van der Waals surface area contributed by atoms with E-state index < -0.39 is 6.04 Å². The van der Waals surface area contributed by atoms with E-state index in [9.17, 15) is 9.59 Å². The largest absolute Gasteiger partial charge is 0.497 e. The van der Waals surface area contributed by atoms with Crippen LogP contribution >= 0.6 is 0 Å². The van der Waals surface area contributed by atoms with Crippen molar-refractivity contribution >= 4 is 29.4 Å². The number of amides is 3. The molecule has 2 fully saturated rings. The number of urea groups is 1. The number of carbonyl (C=O) groups excluding carboxylic acids is 2. The lowest BCUT2D eigenvalue weighted by Crippen LogP contribution is -2.63. The van der Waals surface area contributed by atoms with Crippen LogP contribution in [0.1, 0.15) is 0 Å². The van der Waals surface area contributed by atoms with E-state index in [0.29, 0.717) is 44.6 Å². The lowest BCUT2D eigenvalue weighted by molar-refractivity contribution is -0.525. The smallest absolute Gasteiger partial charge is 0.397 e. The summed E-state index contributed by atoms with van der Waals surface area (Å²) in [6.07, 6.45) is 0. The number of ether oxygens (including phenoxy) is 2. The van der Waals surface area contributed by atoms with Gasteiger partial charge in [0.15, 0.2) is 0 Å². The first-order valence-electron chi connectivity index (χ1n) is 10.6. The van der Waals surface area contributed by atoms with Gasteiger partial charge in [-0.1, -0.05) is 4.99 Å². The Labute approximate surface area is 180 Å². The number of methoxy groups -OCH3 is 1. The van der Waals surface area contributed by atoms with Crippen LogP contribution in [-0.4, -0.2) is 116 Å². The van der Waals surface area contributed by atoms with Crippen molar-refractivity contribution in [2.24, 2.45) is 4.99 Å². The van der Waals surface area contributed by atoms with Gasteiger partial charge >= 0.3 is 12.0 Å². The number of carbonyl (C=O) groups is 2. The van der Waals surface area contributed by atoms with Gasteiger partial charge < -0.3 is 9.47 Å². The highest BCUT2D eigenvalue weighted by Gasteiger charge is 2.55. The number of benzene rings is 1. The van der Waals surface area contributed by atoms with Crippen molar-refractivity contribution in [1.82, 2.24) is 14.7 Å². The third-order valence-corrected chi connectivity index (χ3v) is 6.32. The quantitative estimate of drug-likeness (QED) is 0.610. The van der Waals surface area contributed by atoms with Crippen LogP contribution in [0.15, 0.2) is 29.3 Å². The number of likely N-dealkylation sites (N-methyl/N-ethyl adjacent to an activating group) is 1. The molecule has 0 N–H and O–H groups in total. The Hall–Kier alpha value is -2.98. The van der Waals surface area contributed by atoms with E-state index in [-0.39, 0.29) is 11.9 Å². The van der Waals surface area contributed by atoms with Gasteiger partial charge in [0.05, 0.1) is 26.9 Å². The summed E-state index contributed by atoms with van der Waals surface area (Å²) < 4.78 is 12.6. The summed E-state index contributed by atoms with van der Waals surface area (Å²) in [6, 6.07) is 6.90. The molecule has 4 heterocycles. The zero-order valence-electron chi connectivity index (χ0n) is 17.9. The van der Waals surface area contributed by atoms with Crippen LogP contribution in [0, 0.1) is 0 Å². The predicted molar refractivity (Wildman–Crippen MR) is 114 cm³/mol. The summed E-state index contributed by atoms with van der Waals surface area (Å²) in [4.78, 5) is 38.2. The van der Waals surface area contributed by atoms with Gasteiger partial charge in [0.1, 0.15) is 18.0 Å². The fraction of sp³-hybridized carbons (Fsp3) is 0.524. The van der Waals surface area contributed by atoms with E-state index in [0.717, 1.165) is 31.1 Å². The molecule has 0 aliphatic carbocycles. The van der Waals surface area contributed by atoms with Crippen molar-refractivity contribution in [1.29, 1.82) is 0 Å². The number of imide groups is 1. The molecule has 0 spiro atoms. The minimum absolute atomic E-state index is 0.193. The van der Waals surface area contributed by atoms with Crippen LogP contribution in [0.5, 0.6) is 5.75 Å². The van der Waals surface area contributed by atoms with Crippen molar-refractivity contribution in [3.63, 3.8) is 0 Å². The summed E-state index contributed by atoms with van der Waals surface area (Å²) >= 11 is 0. The number of rotatable bonds is 5. The molecule has 164 valence electrons. The maximum atomic E-state index is 13.4. The summed E-state index contributed by atoms with van der Waals surface area (Å²) in [5.74, 6) is 1.81. The highest BCUT2D eigenvalue weighted by molar-refractivity contribution is 6.24. The first-order valence-corrected chi connectivity index (χ1v) is 10.6. The number of anilines is 1. The molecule has 1 aromatic carbocycles. The molecule has 4 aliphatic rings. The molecule has 0 aromatic heterocycles. The molecular formula is C21H27N6O4+. The van der Waals surface area contributed by atoms with Gasteiger partial charge in [0.25, 0.3) is 5.91 Å². The SMILES string of the molecule is COc1ccc(N2CC[N+]3=C2N=C2C3C(=O)N(CCN3CCOCC3)C(=O)N2C)cc1. The van der Waals surface area contributed by atoms with E-state index in [4.69, 9.17) is 14.5 Å². The van der Waals surface area contributed by atoms with Crippen LogP contribution in [0.4, 0.5) is 10.5 Å². The van der Waals surface area contributed by atoms with Gasteiger partial charge in [-0.3, -0.25) is 19.5 Å². The molecule has 4 aliphatic heterocycles. The number of nitrogens with zero attached hydrogens (tertiary/aromatic N) is 6. The first kappa shape index (κ1) is 20.0. The topological polar surface area (TPSA) is 80.9 Å². The molecule has 1 atom stereocenters. The number of guanidine groups is 1. The van der Waals surface area contributed by atoms with Gasteiger partial charge in [-0.2, -0.15) is 0 Å². The van der Waals surface area contributed by atoms with Crippen LogP contribution in [0.25, 0.3) is 0 Å². The zero-order chi connectivity index (χ0) is 21.5. The van der Waals surface area contributed by atoms with Gasteiger partial charge in [-0.15, -0.1) is 0 Å². The van der Waals surface area contributed by atoms with Crippen molar-refractivity contribution in [2.45, 2.75) is 6.04 Å². The fourth-order valence-electron chi connectivity index (χ4n) is 4.54. The second-order valence-electron chi connectivity index (χ2n) is 8.00. The third kappa shape index (κ3) is 3.35. The maximum absolute atomic E-state index is 13.4. The Bertz CT molecular complexity index is 953. The lowest BCUT2D eigenvalue weighted by Gasteiger charge is -2.35. The molecule has 10 heteroatoms. The number of fused-ring (bicyclic) bond motifs is 2. The fourth-order valence-corrected chi connectivity index (χ4v) is 4.54. The van der Waals surface area contributed by atoms with Gasteiger partial charge in [-0.05, 0) is 24.3 Å². The number of hydrogen-bond donors (Lipinski definition) is 0. The third-order valence-electron chi connectivity index (χ3n) is 6.32. The van der Waals surface area contributed by atoms with E-state index in [1.807, 2.05) is 28.8 Å². The Morgan fingerprint density at radius 3 is 2.58 bits per heavy atom. The van der Waals surface area contributed by atoms with Gasteiger partial charge in [0.2, 0.25) is 11.9 Å². The molecule has 0 bridgehead atoms. The van der Waals surface area contributed by atoms with Crippen molar-refractivity contribution < 1.29 is 23.6 Å². The Balaban J connectivity index is 1.37. The lowest BCUT2D eigenvalue weighted by atomic mass is 10.1. The highest BCUT2D eigenvalue weighted by atomic mass is 16.5. The highest BCUT2D eigenvalue weighted by Crippen LogP contribution is 2.27. The van der Waals surface area contributed by atoms with Crippen molar-refractivity contribution in [3.05, 3.63) is 24.3 Å². The Kier molecular flexibility index (Phi) is 5.11. The summed E-state index contributed by atoms with van der Waals surface area (Å²) in [5, 5.41) is 0. The molecule has 2 saturated heterocycles. The Morgan fingerprint density at radius 1 is 1.13 bits per heavy atom. The van der Waals surface area contributed by atoms with Crippen molar-refractivity contribution in [3.8, 4) is 5.75 Å². The van der Waals surface area contributed by atoms with Crippen LogP contribution in [0.3, 0.4) is 0 Å². The predicted octanol–water partition coefficient (Wildman–Crippen LogP) is -0.109. The van der Waals surface area contributed by atoms with E-state index in [1.54, 1.807) is 14.2 Å². The molecule has 0 radical (unpaired) electrons. The monoisotopic (exact) mass is 427 g/mol. The molecule has 5 rings (SSSR count). The number of morpholine rings is 1. The standard InChI is InChI=1S/C21H27N6O4/c1-23-18-17(19(28)27(21(23)29)8-7-24-11-13-31-14-12-24)26-10-9-25(20(26)22-18)15-3-5-16(30-2)6-4-15/h3-6,17H,7-14H2,1-2H3/q+1. The number of aliphatic imine (C=N–C) groups is 1. The van der Waals surface area contributed by atoms with Crippen molar-refractivity contribution in [2.75, 3.05) is 71.5 Å². The maximum Gasteiger partial charge on any atom is 0.397 e. The summed E-state index contributed by atoms with van der Waals surface area (Å²) in [6.45, 7) is 5.45. The summed E-state index contributed by atoms with van der Waals surface area (Å²) in [7, 11) is 3.33. The van der Waals surface area contributed by atoms with E-state index in [1.165, 1.54) is 9.80 Å². The number of hydrogen-bond acceptors (Lipinski definition) is 7. The zero-order valence-corrected chi connectivity index (χ0v) is 17.9. The second kappa shape index (κ2) is 7.93. The molecule has 0 saturated carbocycles. The molecule has 1 aromatic rings. The Morgan fingerprint density at radius 2 is 1.87 bits per heavy atom. The van der Waals surface area contributed by atoms with Gasteiger partial charge in [0, 0.05) is 33.2 Å². The normalized spacial score (nSPS) is 24.0. The molecule has 1 unspecified atom stereocenters.